The summed E-state index contributed by atoms with van der Waals surface area (Å²) in [5.74, 6) is -0.267. The van der Waals surface area contributed by atoms with Crippen LogP contribution in [-0.4, -0.2) is 19.6 Å². The topological polar surface area (TPSA) is 38.3 Å². The molecule has 0 amide bonds. The Kier molecular flexibility index (Phi) is 5.53. The van der Waals surface area contributed by atoms with Gasteiger partial charge in [-0.15, -0.1) is 0 Å². The molecular formula is C16H17NO2S. The molecule has 0 saturated carbocycles. The Bertz CT molecular complexity index is 549. The fourth-order valence-corrected chi connectivity index (χ4v) is 2.53. The minimum Gasteiger partial charge on any atom is -0.468 e. The van der Waals surface area contributed by atoms with Gasteiger partial charge in [0.15, 0.2) is 0 Å². The van der Waals surface area contributed by atoms with Gasteiger partial charge < -0.3 is 4.74 Å². The highest BCUT2D eigenvalue weighted by molar-refractivity contribution is 7.08. The Labute approximate surface area is 122 Å². The van der Waals surface area contributed by atoms with E-state index in [-0.39, 0.29) is 5.97 Å². The first kappa shape index (κ1) is 14.5. The van der Waals surface area contributed by atoms with E-state index in [0.717, 1.165) is 11.1 Å². The van der Waals surface area contributed by atoms with E-state index in [1.807, 2.05) is 59.3 Å². The van der Waals surface area contributed by atoms with Crippen molar-refractivity contribution in [3.63, 3.8) is 0 Å². The first-order valence-corrected chi connectivity index (χ1v) is 7.30. The van der Waals surface area contributed by atoms with Gasteiger partial charge in [-0.05, 0) is 28.0 Å². The van der Waals surface area contributed by atoms with Crippen molar-refractivity contribution in [3.05, 3.63) is 64.4 Å². The van der Waals surface area contributed by atoms with Gasteiger partial charge in [-0.3, -0.25) is 5.32 Å². The van der Waals surface area contributed by atoms with Crippen molar-refractivity contribution in [1.29, 1.82) is 0 Å². The molecule has 0 saturated heterocycles. The minimum atomic E-state index is -0.410. The molecule has 1 heterocycles. The van der Waals surface area contributed by atoms with E-state index >= 15 is 0 Å². The molecule has 1 aromatic heterocycles. The van der Waals surface area contributed by atoms with Crippen molar-refractivity contribution < 1.29 is 9.53 Å². The van der Waals surface area contributed by atoms with Crippen LogP contribution in [0.2, 0.25) is 0 Å². The first-order valence-electron chi connectivity index (χ1n) is 6.36. The van der Waals surface area contributed by atoms with Crippen molar-refractivity contribution in [2.75, 3.05) is 13.7 Å². The summed E-state index contributed by atoms with van der Waals surface area (Å²) >= 11 is 1.57. The Morgan fingerprint density at radius 1 is 1.35 bits per heavy atom. The molecule has 0 fully saturated rings. The highest BCUT2D eigenvalue weighted by Crippen LogP contribution is 2.17. The largest absolute Gasteiger partial charge is 0.468 e. The molecular weight excluding hydrogens is 270 g/mol. The molecule has 0 aliphatic carbocycles. The van der Waals surface area contributed by atoms with Gasteiger partial charge in [0, 0.05) is 6.54 Å². The predicted octanol–water partition coefficient (Wildman–Crippen LogP) is 3.27. The first-order chi connectivity index (χ1) is 9.81. The molecule has 2 aromatic rings. The molecule has 0 spiro atoms. The molecule has 20 heavy (non-hydrogen) atoms. The molecule has 0 aliphatic rings. The molecule has 1 N–H and O–H groups in total. The van der Waals surface area contributed by atoms with E-state index < -0.39 is 6.04 Å². The number of methoxy groups -OCH3 is 1. The summed E-state index contributed by atoms with van der Waals surface area (Å²) < 4.78 is 4.83. The van der Waals surface area contributed by atoms with Crippen molar-refractivity contribution in [3.8, 4) is 0 Å². The number of hydrogen-bond donors (Lipinski definition) is 1. The molecule has 2 rings (SSSR count). The lowest BCUT2D eigenvalue weighted by atomic mass is 10.1. The van der Waals surface area contributed by atoms with Crippen LogP contribution >= 0.6 is 11.3 Å². The second kappa shape index (κ2) is 7.62. The zero-order valence-electron chi connectivity index (χ0n) is 11.3. The van der Waals surface area contributed by atoms with Crippen LogP contribution in [0.4, 0.5) is 0 Å². The van der Waals surface area contributed by atoms with Gasteiger partial charge in [0.2, 0.25) is 0 Å². The van der Waals surface area contributed by atoms with Crippen molar-refractivity contribution in [2.45, 2.75) is 6.04 Å². The smallest absolute Gasteiger partial charge is 0.327 e. The average Bonchev–Trinajstić information content (AvgIpc) is 3.01. The van der Waals surface area contributed by atoms with Crippen LogP contribution in [0.5, 0.6) is 0 Å². The Hall–Kier alpha value is -1.91. The summed E-state index contributed by atoms with van der Waals surface area (Å²) in [6, 6.07) is 11.6. The van der Waals surface area contributed by atoms with E-state index in [2.05, 4.69) is 5.32 Å². The molecule has 0 bridgehead atoms. The summed E-state index contributed by atoms with van der Waals surface area (Å²) in [4.78, 5) is 11.8. The molecule has 1 aromatic carbocycles. The van der Waals surface area contributed by atoms with Gasteiger partial charge in [0.05, 0.1) is 7.11 Å². The molecule has 0 radical (unpaired) electrons. The summed E-state index contributed by atoms with van der Waals surface area (Å²) in [5, 5.41) is 7.09. The average molecular weight is 287 g/mol. The molecule has 0 unspecified atom stereocenters. The van der Waals surface area contributed by atoms with E-state index in [0.29, 0.717) is 6.54 Å². The SMILES string of the molecule is COC(=O)[C@H](NC/C=C/c1ccccc1)c1ccsc1. The van der Waals surface area contributed by atoms with E-state index in [4.69, 9.17) is 4.74 Å². The summed E-state index contributed by atoms with van der Waals surface area (Å²) in [7, 11) is 1.41. The maximum absolute atomic E-state index is 11.8. The van der Waals surface area contributed by atoms with E-state index in [9.17, 15) is 4.79 Å². The highest BCUT2D eigenvalue weighted by atomic mass is 32.1. The number of esters is 1. The number of nitrogens with one attached hydrogen (secondary N) is 1. The van der Waals surface area contributed by atoms with Gasteiger partial charge in [-0.2, -0.15) is 11.3 Å². The fraction of sp³-hybridized carbons (Fsp3) is 0.188. The van der Waals surface area contributed by atoms with Crippen LogP contribution in [0.3, 0.4) is 0 Å². The molecule has 4 heteroatoms. The van der Waals surface area contributed by atoms with Crippen LogP contribution in [0, 0.1) is 0 Å². The second-order valence-electron chi connectivity index (χ2n) is 4.23. The Morgan fingerprint density at radius 2 is 2.15 bits per heavy atom. The highest BCUT2D eigenvalue weighted by Gasteiger charge is 2.20. The van der Waals surface area contributed by atoms with E-state index in [1.54, 1.807) is 11.3 Å². The maximum Gasteiger partial charge on any atom is 0.327 e. The van der Waals surface area contributed by atoms with Crippen LogP contribution in [0.1, 0.15) is 17.2 Å². The number of carbonyl (C=O) groups excluding carboxylic acids is 1. The minimum absolute atomic E-state index is 0.267. The Morgan fingerprint density at radius 3 is 2.80 bits per heavy atom. The number of carbonyl (C=O) groups is 1. The van der Waals surface area contributed by atoms with Gasteiger partial charge >= 0.3 is 5.97 Å². The predicted molar refractivity (Wildman–Crippen MR) is 82.6 cm³/mol. The summed E-state index contributed by atoms with van der Waals surface area (Å²) in [6.45, 7) is 0.602. The monoisotopic (exact) mass is 287 g/mol. The van der Waals surface area contributed by atoms with Crippen molar-refractivity contribution in [2.24, 2.45) is 0 Å². The number of benzene rings is 1. The molecule has 104 valence electrons. The van der Waals surface area contributed by atoms with Crippen LogP contribution in [0.25, 0.3) is 6.08 Å². The lowest BCUT2D eigenvalue weighted by Gasteiger charge is -2.13. The maximum atomic E-state index is 11.8. The molecule has 0 aliphatic heterocycles. The number of ether oxygens (including phenoxy) is 1. The van der Waals surface area contributed by atoms with Crippen LogP contribution in [-0.2, 0) is 9.53 Å². The second-order valence-corrected chi connectivity index (χ2v) is 5.01. The zero-order chi connectivity index (χ0) is 14.2. The zero-order valence-corrected chi connectivity index (χ0v) is 12.1. The number of hydrogen-bond acceptors (Lipinski definition) is 4. The van der Waals surface area contributed by atoms with Crippen molar-refractivity contribution >= 4 is 23.4 Å². The normalized spacial score (nSPS) is 12.4. The summed E-state index contributed by atoms with van der Waals surface area (Å²) in [6.07, 6.45) is 4.02. The Balaban J connectivity index is 1.93. The molecule has 3 nitrogen and oxygen atoms in total. The number of rotatable bonds is 6. The van der Waals surface area contributed by atoms with E-state index in [1.165, 1.54) is 7.11 Å². The van der Waals surface area contributed by atoms with Gasteiger partial charge in [-0.1, -0.05) is 42.5 Å². The van der Waals surface area contributed by atoms with Crippen LogP contribution < -0.4 is 5.32 Å². The van der Waals surface area contributed by atoms with Crippen LogP contribution in [0.15, 0.2) is 53.2 Å². The third-order valence-electron chi connectivity index (χ3n) is 2.86. The van der Waals surface area contributed by atoms with Gasteiger partial charge in [0.25, 0.3) is 0 Å². The standard InChI is InChI=1S/C16H17NO2S/c1-19-16(18)15(14-9-11-20-12-14)17-10-5-8-13-6-3-2-4-7-13/h2-9,11-12,15,17H,10H2,1H3/b8-5+/t15-/m1/s1. The fourth-order valence-electron chi connectivity index (χ4n) is 1.84. The summed E-state index contributed by atoms with van der Waals surface area (Å²) in [5.41, 5.74) is 2.08. The lowest BCUT2D eigenvalue weighted by Crippen LogP contribution is -2.29. The van der Waals surface area contributed by atoms with Crippen molar-refractivity contribution in [1.82, 2.24) is 5.32 Å². The number of thiophene rings is 1. The molecule has 1 atom stereocenters. The third-order valence-corrected chi connectivity index (χ3v) is 3.56. The van der Waals surface area contributed by atoms with Gasteiger partial charge in [-0.25, -0.2) is 4.79 Å². The quantitative estimate of drug-likeness (QED) is 0.829. The third kappa shape index (κ3) is 4.05. The van der Waals surface area contributed by atoms with Gasteiger partial charge in [0.1, 0.15) is 6.04 Å². The lowest BCUT2D eigenvalue weighted by molar-refractivity contribution is -0.143.